The van der Waals surface area contributed by atoms with Crippen LogP contribution in [0.5, 0.6) is 5.75 Å². The predicted molar refractivity (Wildman–Crippen MR) is 132 cm³/mol. The van der Waals surface area contributed by atoms with Crippen molar-refractivity contribution < 1.29 is 9.84 Å². The first kappa shape index (κ1) is 21.3. The van der Waals surface area contributed by atoms with Crippen molar-refractivity contribution >= 4 is 44.1 Å². The Morgan fingerprint density at radius 2 is 1.88 bits per heavy atom. The Bertz CT molecular complexity index is 1240. The van der Waals surface area contributed by atoms with Gasteiger partial charge in [-0.1, -0.05) is 39.7 Å². The largest absolute Gasteiger partial charge is 0.497 e. The topological polar surface area (TPSA) is 60.5 Å². The minimum Gasteiger partial charge on any atom is -0.497 e. The van der Waals surface area contributed by atoms with Crippen molar-refractivity contribution in [2.75, 3.05) is 19.0 Å². The summed E-state index contributed by atoms with van der Waals surface area (Å²) in [5.74, 6) is 0.799. The molecular formula is C25H23BrClN3O2. The highest BCUT2D eigenvalue weighted by atomic mass is 79.9. The van der Waals surface area contributed by atoms with Gasteiger partial charge in [0.25, 0.3) is 0 Å². The number of halogens is 2. The Morgan fingerprint density at radius 1 is 1.12 bits per heavy atom. The number of aromatic amines is 1. The number of aliphatic hydroxyl groups excluding tert-OH is 1. The average Bonchev–Trinajstić information content (AvgIpc) is 3.18. The van der Waals surface area contributed by atoms with Crippen molar-refractivity contribution in [3.63, 3.8) is 0 Å². The summed E-state index contributed by atoms with van der Waals surface area (Å²) < 4.78 is 6.34. The Hall–Kier alpha value is -2.51. The molecule has 5 nitrogen and oxygen atoms in total. The highest BCUT2D eigenvalue weighted by Crippen LogP contribution is 2.40. The lowest BCUT2D eigenvalue weighted by Gasteiger charge is -2.39. The number of benzene rings is 3. The van der Waals surface area contributed by atoms with Crippen LogP contribution in [0, 0.1) is 0 Å². The summed E-state index contributed by atoms with van der Waals surface area (Å²) in [6, 6.07) is 21.6. The van der Waals surface area contributed by atoms with E-state index in [-0.39, 0.29) is 6.04 Å². The lowest BCUT2D eigenvalue weighted by Crippen LogP contribution is -2.47. The van der Waals surface area contributed by atoms with Crippen molar-refractivity contribution in [2.24, 2.45) is 0 Å². The number of nitrogens with zero attached hydrogens (tertiary/aromatic N) is 1. The molecule has 4 aromatic rings. The number of aromatic nitrogens is 1. The molecule has 0 fully saturated rings. The maximum absolute atomic E-state index is 11.2. The second-order valence-corrected chi connectivity index (χ2v) is 9.25. The van der Waals surface area contributed by atoms with E-state index in [2.05, 4.69) is 43.3 Å². The molecule has 0 amide bonds. The van der Waals surface area contributed by atoms with Gasteiger partial charge in [-0.15, -0.1) is 0 Å². The summed E-state index contributed by atoms with van der Waals surface area (Å²) in [6.45, 7) is 0.688. The Kier molecular flexibility index (Phi) is 5.86. The summed E-state index contributed by atoms with van der Waals surface area (Å²) in [5.41, 5.74) is 5.30. The van der Waals surface area contributed by atoms with E-state index in [1.165, 1.54) is 5.56 Å². The fraction of sp³-hybridized carbons (Fsp3) is 0.200. The molecule has 1 aliphatic rings. The molecule has 5 rings (SSSR count). The summed E-state index contributed by atoms with van der Waals surface area (Å²) in [5, 5.41) is 16.3. The minimum absolute atomic E-state index is 0.159. The van der Waals surface area contributed by atoms with Gasteiger partial charge in [-0.25, -0.2) is 4.90 Å². The van der Waals surface area contributed by atoms with Gasteiger partial charge in [-0.05, 0) is 72.1 Å². The standard InChI is InChI=1S/C25H23BrClN3O2/c1-32-19-9-2-15(3-10-19)24-23-20(21-14-17(27)6-11-22(21)29-23)12-13-30(24)25(31)28-18-7-4-16(26)5-8-18/h2-11,14,24-25,28-29,31H,12-13H2,1H3. The van der Waals surface area contributed by atoms with Crippen molar-refractivity contribution in [1.29, 1.82) is 0 Å². The lowest BCUT2D eigenvalue weighted by atomic mass is 9.92. The first-order valence-electron chi connectivity index (χ1n) is 10.4. The second kappa shape index (κ2) is 8.79. The molecule has 0 aliphatic carbocycles. The monoisotopic (exact) mass is 511 g/mol. The van der Waals surface area contributed by atoms with Crippen molar-refractivity contribution in [1.82, 2.24) is 9.88 Å². The maximum atomic E-state index is 11.2. The zero-order valence-electron chi connectivity index (χ0n) is 17.5. The number of hydrogen-bond donors (Lipinski definition) is 3. The van der Waals surface area contributed by atoms with Gasteiger partial charge in [0.15, 0.2) is 6.35 Å². The van der Waals surface area contributed by atoms with Gasteiger partial charge < -0.3 is 20.1 Å². The van der Waals surface area contributed by atoms with E-state index in [1.807, 2.05) is 54.6 Å². The van der Waals surface area contributed by atoms with E-state index in [0.29, 0.717) is 6.54 Å². The Morgan fingerprint density at radius 3 is 2.59 bits per heavy atom. The molecule has 0 spiro atoms. The second-order valence-electron chi connectivity index (χ2n) is 7.90. The summed E-state index contributed by atoms with van der Waals surface area (Å²) >= 11 is 9.75. The zero-order valence-corrected chi connectivity index (χ0v) is 19.8. The van der Waals surface area contributed by atoms with E-state index >= 15 is 0 Å². The number of fused-ring (bicyclic) bond motifs is 3. The van der Waals surface area contributed by atoms with Crippen LogP contribution in [0.4, 0.5) is 5.69 Å². The van der Waals surface area contributed by atoms with E-state index in [9.17, 15) is 5.11 Å². The first-order valence-corrected chi connectivity index (χ1v) is 11.6. The van der Waals surface area contributed by atoms with Crippen LogP contribution in [0.1, 0.15) is 22.9 Å². The average molecular weight is 513 g/mol. The lowest BCUT2D eigenvalue weighted by molar-refractivity contribution is -0.000220. The normalized spacial score (nSPS) is 17.2. The number of rotatable bonds is 5. The predicted octanol–water partition coefficient (Wildman–Crippen LogP) is 5.93. The van der Waals surface area contributed by atoms with Gasteiger partial charge in [0.05, 0.1) is 13.2 Å². The highest BCUT2D eigenvalue weighted by molar-refractivity contribution is 9.10. The van der Waals surface area contributed by atoms with Gasteiger partial charge in [0.1, 0.15) is 5.75 Å². The molecule has 0 saturated heterocycles. The number of methoxy groups -OCH3 is 1. The molecule has 0 saturated carbocycles. The van der Waals surface area contributed by atoms with Gasteiger partial charge in [0, 0.05) is 38.3 Å². The number of hydrogen-bond acceptors (Lipinski definition) is 4. The van der Waals surface area contributed by atoms with Crippen LogP contribution in [0.3, 0.4) is 0 Å². The van der Waals surface area contributed by atoms with Crippen LogP contribution in [0.15, 0.2) is 71.2 Å². The van der Waals surface area contributed by atoms with Gasteiger partial charge in [0.2, 0.25) is 0 Å². The SMILES string of the molecule is COc1ccc(C2c3[nH]c4ccc(Cl)cc4c3CCN2C(O)Nc2ccc(Br)cc2)cc1. The van der Waals surface area contributed by atoms with Crippen LogP contribution in [-0.2, 0) is 6.42 Å². The van der Waals surface area contributed by atoms with Crippen molar-refractivity contribution in [2.45, 2.75) is 18.8 Å². The fourth-order valence-corrected chi connectivity index (χ4v) is 4.90. The van der Waals surface area contributed by atoms with E-state index in [4.69, 9.17) is 16.3 Å². The van der Waals surface area contributed by atoms with Gasteiger partial charge in [-0.2, -0.15) is 0 Å². The molecule has 3 aromatic carbocycles. The minimum atomic E-state index is -0.869. The van der Waals surface area contributed by atoms with E-state index in [1.54, 1.807) is 7.11 Å². The summed E-state index contributed by atoms with van der Waals surface area (Å²) in [7, 11) is 1.66. The molecule has 2 unspecified atom stereocenters. The number of nitrogens with one attached hydrogen (secondary N) is 2. The third kappa shape index (κ3) is 3.99. The summed E-state index contributed by atoms with van der Waals surface area (Å²) in [6.07, 6.45) is -0.0621. The number of aliphatic hydroxyl groups is 1. The quantitative estimate of drug-likeness (QED) is 0.290. The van der Waals surface area contributed by atoms with Crippen LogP contribution in [-0.4, -0.2) is 35.0 Å². The molecule has 7 heteroatoms. The first-order chi connectivity index (χ1) is 15.5. The van der Waals surface area contributed by atoms with Crippen LogP contribution >= 0.6 is 27.5 Å². The van der Waals surface area contributed by atoms with Crippen molar-refractivity contribution in [3.05, 3.63) is 93.0 Å². The molecule has 0 bridgehead atoms. The van der Waals surface area contributed by atoms with E-state index in [0.717, 1.165) is 49.5 Å². The Labute approximate surface area is 200 Å². The van der Waals surface area contributed by atoms with E-state index < -0.39 is 6.35 Å². The molecular weight excluding hydrogens is 490 g/mol. The van der Waals surface area contributed by atoms with Crippen molar-refractivity contribution in [3.8, 4) is 5.75 Å². The smallest absolute Gasteiger partial charge is 0.184 e. The molecule has 32 heavy (non-hydrogen) atoms. The third-order valence-corrected chi connectivity index (χ3v) is 6.78. The maximum Gasteiger partial charge on any atom is 0.184 e. The Balaban J connectivity index is 1.56. The molecule has 2 atom stereocenters. The van der Waals surface area contributed by atoms with Crippen LogP contribution in [0.25, 0.3) is 10.9 Å². The van der Waals surface area contributed by atoms with Gasteiger partial charge in [-0.3, -0.25) is 0 Å². The fourth-order valence-electron chi connectivity index (χ4n) is 4.47. The number of H-pyrrole nitrogens is 1. The molecule has 1 aromatic heterocycles. The molecule has 1 aliphatic heterocycles. The number of ether oxygens (including phenoxy) is 1. The van der Waals surface area contributed by atoms with Crippen LogP contribution < -0.4 is 10.1 Å². The van der Waals surface area contributed by atoms with Gasteiger partial charge >= 0.3 is 0 Å². The molecule has 0 radical (unpaired) electrons. The van der Waals surface area contributed by atoms with Crippen LogP contribution in [0.2, 0.25) is 5.02 Å². The summed E-state index contributed by atoms with van der Waals surface area (Å²) in [4.78, 5) is 5.67. The molecule has 3 N–H and O–H groups in total. The molecule has 2 heterocycles. The molecule has 164 valence electrons. The zero-order chi connectivity index (χ0) is 22.2. The number of anilines is 1. The third-order valence-electron chi connectivity index (χ3n) is 6.01. The highest BCUT2D eigenvalue weighted by Gasteiger charge is 2.35.